The molecule has 10 heteroatoms. The van der Waals surface area contributed by atoms with Gasteiger partial charge >= 0.3 is 11.9 Å². The van der Waals surface area contributed by atoms with Gasteiger partial charge in [0.15, 0.2) is 5.82 Å². The van der Waals surface area contributed by atoms with Gasteiger partial charge in [0.25, 0.3) is 0 Å². The van der Waals surface area contributed by atoms with Gasteiger partial charge in [0, 0.05) is 24.6 Å². The quantitative estimate of drug-likeness (QED) is 0.370. The Morgan fingerprint density at radius 2 is 1.94 bits per heavy atom. The third-order valence-electron chi connectivity index (χ3n) is 6.16. The second-order valence-corrected chi connectivity index (χ2v) is 10.8. The van der Waals surface area contributed by atoms with E-state index in [1.54, 1.807) is 32.9 Å². The zero-order valence-corrected chi connectivity index (χ0v) is 21.5. The molecular weight excluding hydrogens is 501 g/mol. The van der Waals surface area contributed by atoms with Gasteiger partial charge < -0.3 is 9.84 Å². The van der Waals surface area contributed by atoms with Crippen molar-refractivity contribution in [3.8, 4) is 0 Å². The Morgan fingerprint density at radius 1 is 1.26 bits per heavy atom. The van der Waals surface area contributed by atoms with Crippen LogP contribution in [0.3, 0.4) is 0 Å². The van der Waals surface area contributed by atoms with Crippen molar-refractivity contribution in [3.05, 3.63) is 62.9 Å². The first-order valence-electron chi connectivity index (χ1n) is 11.2. The van der Waals surface area contributed by atoms with E-state index < -0.39 is 40.2 Å². The smallest absolute Gasteiger partial charge is 0.338 e. The number of likely N-dealkylation sites (tertiary alicyclic amines) is 1. The fourth-order valence-electron chi connectivity index (χ4n) is 4.44. The number of esters is 1. The highest BCUT2D eigenvalue weighted by molar-refractivity contribution is 6.30. The minimum atomic E-state index is -1.48. The minimum Gasteiger partial charge on any atom is -0.478 e. The van der Waals surface area contributed by atoms with Gasteiger partial charge in [-0.1, -0.05) is 35.3 Å². The number of carbonyl (C=O) groups excluding carboxylic acids is 1. The molecule has 35 heavy (non-hydrogen) atoms. The molecule has 2 heterocycles. The van der Waals surface area contributed by atoms with Crippen LogP contribution in [0.4, 0.5) is 8.78 Å². The lowest BCUT2D eigenvalue weighted by Crippen LogP contribution is -2.51. The monoisotopic (exact) mass is 528 g/mol. The Balaban J connectivity index is 1.94. The minimum absolute atomic E-state index is 0.0343. The van der Waals surface area contributed by atoms with Gasteiger partial charge in [0.1, 0.15) is 22.1 Å². The Kier molecular flexibility index (Phi) is 8.09. The molecule has 0 radical (unpaired) electrons. The molecule has 1 aliphatic heterocycles. The van der Waals surface area contributed by atoms with Gasteiger partial charge in [-0.05, 0) is 59.2 Å². The number of aromatic nitrogens is 1. The summed E-state index contributed by atoms with van der Waals surface area (Å²) >= 11 is 11.9. The SMILES string of the molecule is C[C@@H]1C[C@](Cc2nc(Cl)cc(C(=O)O)c2F)(C(=O)OC(C)(C)C)CCN1Cc1cccc(Cl)c1F. The van der Waals surface area contributed by atoms with Crippen molar-refractivity contribution < 1.29 is 28.2 Å². The van der Waals surface area contributed by atoms with Crippen molar-refractivity contribution in [1.29, 1.82) is 0 Å². The van der Waals surface area contributed by atoms with E-state index in [2.05, 4.69) is 4.98 Å². The van der Waals surface area contributed by atoms with Gasteiger partial charge in [0.2, 0.25) is 0 Å². The molecule has 2 atom stereocenters. The summed E-state index contributed by atoms with van der Waals surface area (Å²) in [6.07, 6.45) is 0.350. The van der Waals surface area contributed by atoms with Crippen LogP contribution in [0, 0.1) is 17.0 Å². The molecule has 1 aromatic heterocycles. The summed E-state index contributed by atoms with van der Waals surface area (Å²) < 4.78 is 35.2. The number of pyridine rings is 1. The molecule has 1 aromatic carbocycles. The highest BCUT2D eigenvalue weighted by Crippen LogP contribution is 2.41. The Bertz CT molecular complexity index is 1140. The Morgan fingerprint density at radius 3 is 2.54 bits per heavy atom. The summed E-state index contributed by atoms with van der Waals surface area (Å²) in [4.78, 5) is 30.9. The van der Waals surface area contributed by atoms with E-state index in [1.807, 2.05) is 11.8 Å². The number of hydrogen-bond acceptors (Lipinski definition) is 5. The molecule has 0 unspecified atom stereocenters. The van der Waals surface area contributed by atoms with Crippen LogP contribution >= 0.6 is 23.2 Å². The highest BCUT2D eigenvalue weighted by Gasteiger charge is 2.47. The maximum absolute atomic E-state index is 15.1. The molecule has 0 amide bonds. The average molecular weight is 529 g/mol. The maximum atomic E-state index is 15.1. The summed E-state index contributed by atoms with van der Waals surface area (Å²) in [5.74, 6) is -3.52. The molecule has 0 bridgehead atoms. The summed E-state index contributed by atoms with van der Waals surface area (Å²) in [6, 6.07) is 5.53. The number of ether oxygens (including phenoxy) is 1. The highest BCUT2D eigenvalue weighted by atomic mass is 35.5. The lowest BCUT2D eigenvalue weighted by Gasteiger charge is -2.45. The number of rotatable bonds is 6. The van der Waals surface area contributed by atoms with E-state index in [1.165, 1.54) is 6.07 Å². The average Bonchev–Trinajstić information content (AvgIpc) is 2.74. The van der Waals surface area contributed by atoms with E-state index >= 15 is 4.39 Å². The van der Waals surface area contributed by atoms with E-state index in [-0.39, 0.29) is 47.7 Å². The van der Waals surface area contributed by atoms with Gasteiger partial charge in [-0.3, -0.25) is 9.69 Å². The van der Waals surface area contributed by atoms with Crippen LogP contribution in [0.2, 0.25) is 10.2 Å². The van der Waals surface area contributed by atoms with Gasteiger partial charge in [-0.15, -0.1) is 0 Å². The molecule has 1 saturated heterocycles. The van der Waals surface area contributed by atoms with Gasteiger partial charge in [-0.2, -0.15) is 0 Å². The van der Waals surface area contributed by atoms with Crippen molar-refractivity contribution >= 4 is 35.1 Å². The second-order valence-electron chi connectivity index (χ2n) is 10.0. The van der Waals surface area contributed by atoms with E-state index in [0.29, 0.717) is 12.1 Å². The van der Waals surface area contributed by atoms with Crippen molar-refractivity contribution in [2.75, 3.05) is 6.54 Å². The van der Waals surface area contributed by atoms with Crippen LogP contribution < -0.4 is 0 Å². The lowest BCUT2D eigenvalue weighted by molar-refractivity contribution is -0.172. The predicted octanol–water partition coefficient (Wildman–Crippen LogP) is 5.92. The predicted molar refractivity (Wildman–Crippen MR) is 129 cm³/mol. The molecule has 3 rings (SSSR count). The molecule has 190 valence electrons. The number of hydrogen-bond donors (Lipinski definition) is 1. The van der Waals surface area contributed by atoms with Crippen LogP contribution in [-0.2, 0) is 22.5 Å². The topological polar surface area (TPSA) is 79.7 Å². The van der Waals surface area contributed by atoms with E-state index in [0.717, 1.165) is 6.07 Å². The molecule has 0 aliphatic carbocycles. The van der Waals surface area contributed by atoms with Crippen LogP contribution in [-0.4, -0.2) is 45.1 Å². The summed E-state index contributed by atoms with van der Waals surface area (Å²) in [5, 5.41) is 9.19. The third kappa shape index (κ3) is 6.29. The number of benzene rings is 1. The Labute approximate surface area is 213 Å². The maximum Gasteiger partial charge on any atom is 0.338 e. The zero-order valence-electron chi connectivity index (χ0n) is 20.0. The fraction of sp³-hybridized carbons (Fsp3) is 0.480. The molecular formula is C25H28Cl2F2N2O4. The lowest BCUT2D eigenvalue weighted by atomic mass is 9.71. The first kappa shape index (κ1) is 27.3. The summed E-state index contributed by atoms with van der Waals surface area (Å²) in [6.45, 7) is 7.77. The van der Waals surface area contributed by atoms with Crippen LogP contribution in [0.1, 0.15) is 62.2 Å². The number of carboxylic acids is 1. The van der Waals surface area contributed by atoms with Crippen molar-refractivity contribution in [3.63, 3.8) is 0 Å². The molecule has 0 saturated carbocycles. The molecule has 2 aromatic rings. The van der Waals surface area contributed by atoms with Crippen LogP contribution in [0.25, 0.3) is 0 Å². The first-order valence-corrected chi connectivity index (χ1v) is 12.0. The first-order chi connectivity index (χ1) is 16.2. The molecule has 0 spiro atoms. The number of halogens is 4. The zero-order chi connectivity index (χ0) is 26.1. The van der Waals surface area contributed by atoms with Crippen LogP contribution in [0.5, 0.6) is 0 Å². The second kappa shape index (κ2) is 10.4. The standard InChI is InChI=1S/C25H28Cl2F2N2O4/c1-14-11-25(23(34)35-24(2,3)4,12-18-21(29)16(22(32)33)10-19(27)30-18)8-9-31(14)13-15-6-5-7-17(26)20(15)28/h5-7,10,14H,8-9,11-13H2,1-4H3,(H,32,33)/t14-,25-/m1/s1. The number of carboxylic acid groups (broad SMARTS) is 1. The van der Waals surface area contributed by atoms with Gasteiger partial charge in [0.05, 0.1) is 16.1 Å². The number of carbonyl (C=O) groups is 2. The molecule has 1 aliphatic rings. The largest absolute Gasteiger partial charge is 0.478 e. The van der Waals surface area contributed by atoms with Crippen molar-refractivity contribution in [2.45, 2.75) is 65.1 Å². The van der Waals surface area contributed by atoms with Gasteiger partial charge in [-0.25, -0.2) is 18.6 Å². The van der Waals surface area contributed by atoms with Crippen molar-refractivity contribution in [2.24, 2.45) is 5.41 Å². The molecule has 6 nitrogen and oxygen atoms in total. The van der Waals surface area contributed by atoms with E-state index in [4.69, 9.17) is 27.9 Å². The normalized spacial score (nSPS) is 21.1. The van der Waals surface area contributed by atoms with Crippen molar-refractivity contribution in [1.82, 2.24) is 9.88 Å². The fourth-order valence-corrected chi connectivity index (χ4v) is 4.85. The van der Waals surface area contributed by atoms with E-state index in [9.17, 15) is 19.1 Å². The third-order valence-corrected chi connectivity index (χ3v) is 6.64. The molecule has 1 fully saturated rings. The Hall–Kier alpha value is -2.29. The number of nitrogens with zero attached hydrogens (tertiary/aromatic N) is 2. The number of piperidine rings is 1. The molecule has 1 N–H and O–H groups in total. The van der Waals surface area contributed by atoms with Crippen LogP contribution in [0.15, 0.2) is 24.3 Å². The number of aromatic carboxylic acids is 1. The summed E-state index contributed by atoms with van der Waals surface area (Å²) in [7, 11) is 0. The summed E-state index contributed by atoms with van der Waals surface area (Å²) in [5.41, 5.74) is -2.35.